The van der Waals surface area contributed by atoms with Gasteiger partial charge in [-0.3, -0.25) is 0 Å². The van der Waals surface area contributed by atoms with Gasteiger partial charge in [0, 0.05) is 0 Å². The lowest BCUT2D eigenvalue weighted by atomic mass is 10.2. The van der Waals surface area contributed by atoms with Gasteiger partial charge in [0.2, 0.25) is 0 Å². The normalized spacial score (nSPS) is 11.0. The molecule has 0 spiro atoms. The zero-order valence-electron chi connectivity index (χ0n) is 9.27. The van der Waals surface area contributed by atoms with E-state index in [9.17, 15) is 4.79 Å². The van der Waals surface area contributed by atoms with Gasteiger partial charge in [0.1, 0.15) is 17.8 Å². The molecule has 1 rings (SSSR count). The molecule has 86 valence electrons. The van der Waals surface area contributed by atoms with E-state index in [1.807, 2.05) is 0 Å². The SMILES string of the molecule is CCC(=COc1ccc(OC)cc1)C(=O)O. The molecule has 0 heterocycles. The highest BCUT2D eigenvalue weighted by atomic mass is 16.5. The summed E-state index contributed by atoms with van der Waals surface area (Å²) in [5.41, 5.74) is 0.232. The van der Waals surface area contributed by atoms with Crippen LogP contribution in [0.3, 0.4) is 0 Å². The number of rotatable bonds is 5. The standard InChI is InChI=1S/C12H14O4/c1-3-9(12(13)14)8-16-11-6-4-10(15-2)5-7-11/h4-8H,3H2,1-2H3,(H,13,14). The van der Waals surface area contributed by atoms with E-state index in [1.165, 1.54) is 6.26 Å². The number of carboxylic acids is 1. The predicted molar refractivity (Wildman–Crippen MR) is 59.6 cm³/mol. The summed E-state index contributed by atoms with van der Waals surface area (Å²) in [6.45, 7) is 1.76. The number of hydrogen-bond acceptors (Lipinski definition) is 3. The van der Waals surface area contributed by atoms with Crippen molar-refractivity contribution >= 4 is 5.97 Å². The minimum atomic E-state index is -0.962. The fraction of sp³-hybridized carbons (Fsp3) is 0.250. The van der Waals surface area contributed by atoms with Crippen molar-refractivity contribution < 1.29 is 19.4 Å². The molecule has 0 aromatic heterocycles. The highest BCUT2D eigenvalue weighted by molar-refractivity contribution is 5.86. The van der Waals surface area contributed by atoms with E-state index in [2.05, 4.69) is 0 Å². The van der Waals surface area contributed by atoms with Crippen molar-refractivity contribution in [2.75, 3.05) is 7.11 Å². The molecule has 0 amide bonds. The van der Waals surface area contributed by atoms with E-state index in [4.69, 9.17) is 14.6 Å². The zero-order chi connectivity index (χ0) is 12.0. The Morgan fingerprint density at radius 3 is 2.31 bits per heavy atom. The molecule has 16 heavy (non-hydrogen) atoms. The molecule has 1 N–H and O–H groups in total. The predicted octanol–water partition coefficient (Wildman–Crippen LogP) is 2.45. The van der Waals surface area contributed by atoms with Gasteiger partial charge < -0.3 is 14.6 Å². The van der Waals surface area contributed by atoms with Crippen molar-refractivity contribution in [2.45, 2.75) is 13.3 Å². The Labute approximate surface area is 94.1 Å². The van der Waals surface area contributed by atoms with Crippen LogP contribution in [-0.2, 0) is 4.79 Å². The van der Waals surface area contributed by atoms with Gasteiger partial charge in [-0.2, -0.15) is 0 Å². The number of hydrogen-bond donors (Lipinski definition) is 1. The third kappa shape index (κ3) is 3.31. The summed E-state index contributed by atoms with van der Waals surface area (Å²) in [6.07, 6.45) is 1.68. The zero-order valence-corrected chi connectivity index (χ0v) is 9.27. The van der Waals surface area contributed by atoms with Crippen LogP contribution >= 0.6 is 0 Å². The number of aliphatic carboxylic acids is 1. The summed E-state index contributed by atoms with van der Waals surface area (Å²) >= 11 is 0. The van der Waals surface area contributed by atoms with Gasteiger partial charge in [0.15, 0.2) is 0 Å². The van der Waals surface area contributed by atoms with Crippen molar-refractivity contribution in [2.24, 2.45) is 0 Å². The fourth-order valence-corrected chi connectivity index (χ4v) is 1.08. The molecule has 0 saturated heterocycles. The van der Waals surface area contributed by atoms with Crippen molar-refractivity contribution in [3.8, 4) is 11.5 Å². The average molecular weight is 222 g/mol. The Bertz CT molecular complexity index is 379. The van der Waals surface area contributed by atoms with Gasteiger partial charge in [-0.05, 0) is 30.7 Å². The van der Waals surface area contributed by atoms with Crippen LogP contribution in [0.4, 0.5) is 0 Å². The maximum absolute atomic E-state index is 10.7. The maximum Gasteiger partial charge on any atom is 0.334 e. The van der Waals surface area contributed by atoms with E-state index in [-0.39, 0.29) is 5.57 Å². The van der Waals surface area contributed by atoms with Gasteiger partial charge in [0.05, 0.1) is 12.7 Å². The molecule has 0 aliphatic carbocycles. The molecule has 0 saturated carbocycles. The lowest BCUT2D eigenvalue weighted by Crippen LogP contribution is -2.00. The molecule has 0 aliphatic heterocycles. The average Bonchev–Trinajstić information content (AvgIpc) is 2.30. The van der Waals surface area contributed by atoms with Crippen LogP contribution in [-0.4, -0.2) is 18.2 Å². The van der Waals surface area contributed by atoms with E-state index in [1.54, 1.807) is 38.3 Å². The second-order valence-electron chi connectivity index (χ2n) is 3.10. The molecule has 0 bridgehead atoms. The van der Waals surface area contributed by atoms with E-state index in [0.29, 0.717) is 12.2 Å². The Hall–Kier alpha value is -1.97. The number of carboxylic acid groups (broad SMARTS) is 1. The van der Waals surface area contributed by atoms with E-state index < -0.39 is 5.97 Å². The molecule has 0 radical (unpaired) electrons. The quantitative estimate of drug-likeness (QED) is 0.614. The second kappa shape index (κ2) is 5.80. The summed E-state index contributed by atoms with van der Waals surface area (Å²) in [5.74, 6) is 0.342. The lowest BCUT2D eigenvalue weighted by Gasteiger charge is -2.03. The third-order valence-corrected chi connectivity index (χ3v) is 2.05. The van der Waals surface area contributed by atoms with Gasteiger partial charge >= 0.3 is 5.97 Å². The molecular formula is C12H14O4. The van der Waals surface area contributed by atoms with Crippen LogP contribution in [0.2, 0.25) is 0 Å². The first-order valence-corrected chi connectivity index (χ1v) is 4.90. The van der Waals surface area contributed by atoms with Crippen LogP contribution in [0.25, 0.3) is 0 Å². The summed E-state index contributed by atoms with van der Waals surface area (Å²) in [7, 11) is 1.58. The van der Waals surface area contributed by atoms with Crippen LogP contribution in [0.1, 0.15) is 13.3 Å². The smallest absolute Gasteiger partial charge is 0.334 e. The third-order valence-electron chi connectivity index (χ3n) is 2.05. The Balaban J connectivity index is 2.69. The van der Waals surface area contributed by atoms with Crippen molar-refractivity contribution in [3.05, 3.63) is 36.1 Å². The summed E-state index contributed by atoms with van der Waals surface area (Å²) in [6, 6.07) is 6.92. The molecule has 0 unspecified atom stereocenters. The first-order valence-electron chi connectivity index (χ1n) is 4.90. The molecule has 1 aromatic carbocycles. The maximum atomic E-state index is 10.7. The Kier molecular flexibility index (Phi) is 4.39. The van der Waals surface area contributed by atoms with Crippen molar-refractivity contribution in [1.82, 2.24) is 0 Å². The van der Waals surface area contributed by atoms with Gasteiger partial charge in [0.25, 0.3) is 0 Å². The molecule has 0 fully saturated rings. The minimum Gasteiger partial charge on any atom is -0.497 e. The van der Waals surface area contributed by atoms with Gasteiger partial charge in [-0.15, -0.1) is 0 Å². The monoisotopic (exact) mass is 222 g/mol. The number of benzene rings is 1. The minimum absolute atomic E-state index is 0.232. The van der Waals surface area contributed by atoms with Crippen molar-refractivity contribution in [1.29, 1.82) is 0 Å². The topological polar surface area (TPSA) is 55.8 Å². The molecule has 4 heteroatoms. The molecule has 0 aliphatic rings. The summed E-state index contributed by atoms with van der Waals surface area (Å²) in [5, 5.41) is 8.77. The molecular weight excluding hydrogens is 208 g/mol. The highest BCUT2D eigenvalue weighted by Crippen LogP contribution is 2.17. The van der Waals surface area contributed by atoms with E-state index in [0.717, 1.165) is 5.75 Å². The van der Waals surface area contributed by atoms with Crippen LogP contribution in [0.5, 0.6) is 11.5 Å². The van der Waals surface area contributed by atoms with Crippen LogP contribution < -0.4 is 9.47 Å². The highest BCUT2D eigenvalue weighted by Gasteiger charge is 2.04. The number of methoxy groups -OCH3 is 1. The number of ether oxygens (including phenoxy) is 2. The molecule has 4 nitrogen and oxygen atoms in total. The Morgan fingerprint density at radius 2 is 1.88 bits per heavy atom. The second-order valence-corrected chi connectivity index (χ2v) is 3.10. The van der Waals surface area contributed by atoms with Gasteiger partial charge in [-0.1, -0.05) is 6.92 Å². The first-order chi connectivity index (χ1) is 7.67. The van der Waals surface area contributed by atoms with Crippen LogP contribution in [0.15, 0.2) is 36.1 Å². The Morgan fingerprint density at radius 1 is 1.31 bits per heavy atom. The fourth-order valence-electron chi connectivity index (χ4n) is 1.08. The summed E-state index contributed by atoms with van der Waals surface area (Å²) in [4.78, 5) is 10.7. The first kappa shape index (κ1) is 12.1. The largest absolute Gasteiger partial charge is 0.497 e. The van der Waals surface area contributed by atoms with Crippen LogP contribution in [0, 0.1) is 0 Å². The van der Waals surface area contributed by atoms with Gasteiger partial charge in [-0.25, -0.2) is 4.79 Å². The van der Waals surface area contributed by atoms with Crippen molar-refractivity contribution in [3.63, 3.8) is 0 Å². The molecule has 0 atom stereocenters. The lowest BCUT2D eigenvalue weighted by molar-refractivity contribution is -0.132. The molecule has 1 aromatic rings. The number of carbonyl (C=O) groups is 1. The summed E-state index contributed by atoms with van der Waals surface area (Å²) < 4.78 is 10.2. The van der Waals surface area contributed by atoms with E-state index >= 15 is 0 Å².